The Morgan fingerprint density at radius 3 is 1.49 bits per heavy atom. The average Bonchev–Trinajstić information content (AvgIpc) is 3.44. The van der Waals surface area contributed by atoms with Crippen molar-refractivity contribution in [2.45, 2.75) is 9.79 Å². The van der Waals surface area contributed by atoms with Crippen molar-refractivity contribution in [3.05, 3.63) is 110 Å². The molecule has 0 spiro atoms. The van der Waals surface area contributed by atoms with Crippen LogP contribution in [0.25, 0.3) is 23.5 Å². The van der Waals surface area contributed by atoms with Crippen LogP contribution in [-0.2, 0) is 20.2 Å². The predicted octanol–water partition coefficient (Wildman–Crippen LogP) is 1.42. The number of aromatic carboxylic acids is 2. The smallest absolute Gasteiger partial charge is 0.354 e. The minimum absolute atomic E-state index is 0.0565. The molecule has 0 amide bonds. The van der Waals surface area contributed by atoms with E-state index in [1.54, 1.807) is 0 Å². The molecule has 4 rings (SSSR count). The third kappa shape index (κ3) is 6.38. The molecule has 222 valence electrons. The number of rotatable bonds is 9. The Morgan fingerprint density at radius 1 is 0.698 bits per heavy atom. The molecular formula is C25H18N4O12S2. The fourth-order valence-electron chi connectivity index (χ4n) is 3.74. The third-order valence-corrected chi connectivity index (χ3v) is 7.48. The van der Waals surface area contributed by atoms with Gasteiger partial charge in [0, 0.05) is 0 Å². The molecule has 16 nitrogen and oxygen atoms in total. The molecule has 0 radical (unpaired) electrons. The molecule has 43 heavy (non-hydrogen) atoms. The lowest BCUT2D eigenvalue weighted by Crippen LogP contribution is -2.16. The minimum Gasteiger partial charge on any atom is -0.477 e. The van der Waals surface area contributed by atoms with Crippen LogP contribution in [0.3, 0.4) is 0 Å². The monoisotopic (exact) mass is 630 g/mol. The van der Waals surface area contributed by atoms with Gasteiger partial charge in [0.2, 0.25) is 0 Å². The van der Waals surface area contributed by atoms with Gasteiger partial charge in [0.05, 0.1) is 32.3 Å². The maximum atomic E-state index is 12.9. The molecule has 2 aromatic carbocycles. The first-order chi connectivity index (χ1) is 20.1. The second kappa shape index (κ2) is 11.4. The highest BCUT2D eigenvalue weighted by Gasteiger charge is 2.20. The van der Waals surface area contributed by atoms with Crippen molar-refractivity contribution >= 4 is 44.3 Å². The van der Waals surface area contributed by atoms with Crippen molar-refractivity contribution in [1.29, 1.82) is 0 Å². The summed E-state index contributed by atoms with van der Waals surface area (Å²) in [7, 11) is -8.99. The summed E-state index contributed by atoms with van der Waals surface area (Å²) in [5, 5.41) is 23.8. The summed E-state index contributed by atoms with van der Waals surface area (Å²) in [5.74, 6) is -2.99. The quantitative estimate of drug-likeness (QED) is 0.0871. The molecule has 0 bridgehead atoms. The van der Waals surface area contributed by atoms with E-state index in [1.807, 2.05) is 0 Å². The van der Waals surface area contributed by atoms with Crippen LogP contribution < -0.4 is 11.1 Å². The van der Waals surface area contributed by atoms with Crippen LogP contribution in [-0.4, -0.2) is 67.7 Å². The zero-order chi connectivity index (χ0) is 31.7. The van der Waals surface area contributed by atoms with Gasteiger partial charge < -0.3 is 10.2 Å². The van der Waals surface area contributed by atoms with E-state index >= 15 is 0 Å². The first-order valence-electron chi connectivity index (χ1n) is 11.5. The van der Waals surface area contributed by atoms with Crippen LogP contribution in [0, 0.1) is 0 Å². The van der Waals surface area contributed by atoms with Gasteiger partial charge in [0.25, 0.3) is 31.4 Å². The van der Waals surface area contributed by atoms with Gasteiger partial charge in [-0.3, -0.25) is 28.9 Å². The molecular weight excluding hydrogens is 612 g/mol. The van der Waals surface area contributed by atoms with E-state index in [4.69, 9.17) is 9.11 Å². The molecule has 0 aliphatic carbocycles. The standard InChI is InChI=1S/C25H18N4O12S2/c30-22-18(20(24(32)33)26-28(22)14-6-10-16(11-7-14)42(36,37)38)4-2-1-3-5-19-21(25(34)35)27-29(23(19)31)15-8-12-17(13-9-15)43(39,40)41/h1-2,4-13,26-27H,(H,32,33)(H,34,35)(H,36,37,38)(H,39,40,41). The van der Waals surface area contributed by atoms with Crippen molar-refractivity contribution in [3.8, 4) is 11.4 Å². The van der Waals surface area contributed by atoms with Crippen molar-refractivity contribution < 1.29 is 45.7 Å². The number of carboxylic acids is 2. The predicted molar refractivity (Wildman–Crippen MR) is 148 cm³/mol. The number of nitrogens with one attached hydrogen (secondary N) is 2. The van der Waals surface area contributed by atoms with Crippen molar-refractivity contribution in [3.63, 3.8) is 0 Å². The Labute approximate surface area is 240 Å². The lowest BCUT2D eigenvalue weighted by Gasteiger charge is -2.02. The molecule has 0 saturated carbocycles. The zero-order valence-corrected chi connectivity index (χ0v) is 22.8. The molecule has 2 aromatic heterocycles. The van der Waals surface area contributed by atoms with Crippen molar-refractivity contribution in [1.82, 2.24) is 19.6 Å². The maximum absolute atomic E-state index is 12.9. The SMILES string of the molecule is O=C(O)c1[nH]n(-c2ccc(S(=O)(=O)O)cc2)c(=O)c1C=C=CC=Cc1c(C(=O)O)[nH]n(-c2ccc(S(=O)(=O)O)cc2)c1=O. The summed E-state index contributed by atoms with van der Waals surface area (Å²) in [6.07, 6.45) is 4.47. The highest BCUT2D eigenvalue weighted by molar-refractivity contribution is 7.86. The Hall–Kier alpha value is -5.52. The number of hydrogen-bond donors (Lipinski definition) is 6. The van der Waals surface area contributed by atoms with E-state index in [2.05, 4.69) is 15.9 Å². The van der Waals surface area contributed by atoms with Crippen LogP contribution >= 0.6 is 0 Å². The second-order valence-electron chi connectivity index (χ2n) is 8.47. The van der Waals surface area contributed by atoms with E-state index in [-0.39, 0.29) is 22.5 Å². The third-order valence-electron chi connectivity index (χ3n) is 5.75. The van der Waals surface area contributed by atoms with Gasteiger partial charge in [0.15, 0.2) is 11.4 Å². The van der Waals surface area contributed by atoms with Crippen LogP contribution in [0.2, 0.25) is 0 Å². The number of carboxylic acid groups (broad SMARTS) is 2. The lowest BCUT2D eigenvalue weighted by molar-refractivity contribution is 0.0679. The summed E-state index contributed by atoms with van der Waals surface area (Å²) in [5.41, 5.74) is -0.722. The largest absolute Gasteiger partial charge is 0.477 e. The number of allylic oxidation sites excluding steroid dienone is 2. The number of aromatic nitrogens is 4. The Balaban J connectivity index is 1.67. The summed E-state index contributed by atoms with van der Waals surface area (Å²) < 4.78 is 64.8. The van der Waals surface area contributed by atoms with Gasteiger partial charge in [-0.25, -0.2) is 19.0 Å². The fourth-order valence-corrected chi connectivity index (χ4v) is 4.70. The van der Waals surface area contributed by atoms with Crippen LogP contribution in [0.5, 0.6) is 0 Å². The van der Waals surface area contributed by atoms with Crippen LogP contribution in [0.15, 0.2) is 85.8 Å². The summed E-state index contributed by atoms with van der Waals surface area (Å²) in [6.45, 7) is 0. The molecule has 0 saturated heterocycles. The van der Waals surface area contributed by atoms with E-state index in [0.717, 1.165) is 76.1 Å². The lowest BCUT2D eigenvalue weighted by atomic mass is 10.2. The Bertz CT molecular complexity index is 2190. The molecule has 6 N–H and O–H groups in total. The number of nitrogens with zero attached hydrogens (tertiary/aromatic N) is 2. The first kappa shape index (κ1) is 30.4. The average molecular weight is 631 g/mol. The fraction of sp³-hybridized carbons (Fsp3) is 0. The van der Waals surface area contributed by atoms with Gasteiger partial charge >= 0.3 is 11.9 Å². The highest BCUT2D eigenvalue weighted by Crippen LogP contribution is 2.15. The minimum atomic E-state index is -4.50. The number of hydrogen-bond acceptors (Lipinski definition) is 8. The summed E-state index contributed by atoms with van der Waals surface area (Å²) in [4.78, 5) is 48.3. The van der Waals surface area contributed by atoms with Gasteiger partial charge in [-0.1, -0.05) is 6.08 Å². The van der Waals surface area contributed by atoms with E-state index in [0.29, 0.717) is 0 Å². The Morgan fingerprint density at radius 2 is 1.09 bits per heavy atom. The van der Waals surface area contributed by atoms with Crippen molar-refractivity contribution in [2.24, 2.45) is 0 Å². The topological polar surface area (TPSA) is 259 Å². The number of benzene rings is 2. The molecule has 0 aliphatic rings. The molecule has 18 heteroatoms. The van der Waals surface area contributed by atoms with Crippen LogP contribution in [0.4, 0.5) is 0 Å². The first-order valence-corrected chi connectivity index (χ1v) is 14.4. The molecule has 0 aliphatic heterocycles. The summed E-state index contributed by atoms with van der Waals surface area (Å²) >= 11 is 0. The summed E-state index contributed by atoms with van der Waals surface area (Å²) in [6, 6.07) is 8.68. The molecule has 2 heterocycles. The normalized spacial score (nSPS) is 11.8. The zero-order valence-electron chi connectivity index (χ0n) is 21.2. The molecule has 0 unspecified atom stereocenters. The molecule has 0 fully saturated rings. The number of carbonyl (C=O) groups is 2. The van der Waals surface area contributed by atoms with E-state index in [1.165, 1.54) is 6.08 Å². The number of H-pyrrole nitrogens is 2. The van der Waals surface area contributed by atoms with Gasteiger partial charge in [-0.2, -0.15) is 16.8 Å². The van der Waals surface area contributed by atoms with Gasteiger partial charge in [0.1, 0.15) is 0 Å². The van der Waals surface area contributed by atoms with E-state index in [9.17, 15) is 46.2 Å². The van der Waals surface area contributed by atoms with Crippen LogP contribution in [0.1, 0.15) is 32.1 Å². The van der Waals surface area contributed by atoms with Crippen molar-refractivity contribution in [2.75, 3.05) is 0 Å². The van der Waals surface area contributed by atoms with Gasteiger partial charge in [-0.05, 0) is 66.8 Å². The maximum Gasteiger partial charge on any atom is 0.354 e. The molecule has 0 atom stereocenters. The molecule has 4 aromatic rings. The Kier molecular flexibility index (Phi) is 8.07. The number of aromatic amines is 2. The second-order valence-corrected chi connectivity index (χ2v) is 11.3. The highest BCUT2D eigenvalue weighted by atomic mass is 32.2. The van der Waals surface area contributed by atoms with Gasteiger partial charge in [-0.15, -0.1) is 5.73 Å². The van der Waals surface area contributed by atoms with E-state index < -0.39 is 64.5 Å².